The second-order valence-electron chi connectivity index (χ2n) is 2.61. The third kappa shape index (κ3) is 1.11. The van der Waals surface area contributed by atoms with Crippen LogP contribution in [0.1, 0.15) is 16.8 Å². The smallest absolute Gasteiger partial charge is 0.324 e. The number of aromatic nitrogens is 1. The van der Waals surface area contributed by atoms with E-state index in [-0.39, 0.29) is 5.82 Å². The maximum absolute atomic E-state index is 10.4. The van der Waals surface area contributed by atoms with Crippen LogP contribution >= 0.6 is 0 Å². The highest BCUT2D eigenvalue weighted by molar-refractivity contribution is 5.42. The van der Waals surface area contributed by atoms with Gasteiger partial charge in [0.2, 0.25) is 0 Å². The molecule has 1 N–H and O–H groups in total. The van der Waals surface area contributed by atoms with Crippen LogP contribution in [-0.4, -0.2) is 9.91 Å². The minimum Gasteiger partial charge on any atom is -0.358 e. The lowest BCUT2D eigenvalue weighted by Crippen LogP contribution is -1.89. The van der Waals surface area contributed by atoms with Gasteiger partial charge in [0.15, 0.2) is 0 Å². The lowest BCUT2D eigenvalue weighted by molar-refractivity contribution is -0.389. The molecule has 0 radical (unpaired) electrons. The number of nitro groups is 1. The Balaban J connectivity index is 3.29. The maximum Gasteiger partial charge on any atom is 0.324 e. The molecule has 11 heavy (non-hydrogen) atoms. The van der Waals surface area contributed by atoms with Gasteiger partial charge < -0.3 is 10.1 Å². The van der Waals surface area contributed by atoms with Gasteiger partial charge in [0, 0.05) is 11.1 Å². The first kappa shape index (κ1) is 7.78. The summed E-state index contributed by atoms with van der Waals surface area (Å²) in [5.74, 6) is 0.111. The fourth-order valence-corrected chi connectivity index (χ4v) is 1.01. The number of aromatic amines is 1. The van der Waals surface area contributed by atoms with Crippen molar-refractivity contribution in [2.45, 2.75) is 20.8 Å². The van der Waals surface area contributed by atoms with Crippen LogP contribution < -0.4 is 0 Å². The van der Waals surface area contributed by atoms with E-state index in [9.17, 15) is 10.1 Å². The van der Waals surface area contributed by atoms with Crippen molar-refractivity contribution in [3.63, 3.8) is 0 Å². The summed E-state index contributed by atoms with van der Waals surface area (Å²) in [6.45, 7) is 5.44. The average molecular weight is 154 g/mol. The second kappa shape index (κ2) is 2.38. The molecule has 0 aliphatic rings. The molecule has 0 aliphatic heterocycles. The summed E-state index contributed by atoms with van der Waals surface area (Å²) in [6.07, 6.45) is 0. The van der Waals surface area contributed by atoms with Crippen LogP contribution in [0.4, 0.5) is 5.82 Å². The number of nitrogens with one attached hydrogen (secondary N) is 1. The number of hydrogen-bond donors (Lipinski definition) is 1. The molecule has 0 saturated heterocycles. The van der Waals surface area contributed by atoms with Crippen LogP contribution in [0.5, 0.6) is 0 Å². The van der Waals surface area contributed by atoms with Gasteiger partial charge in [0.05, 0.1) is 0 Å². The molecule has 0 aromatic carbocycles. The first-order valence-electron chi connectivity index (χ1n) is 3.34. The largest absolute Gasteiger partial charge is 0.358 e. The van der Waals surface area contributed by atoms with Gasteiger partial charge in [-0.05, 0) is 25.7 Å². The summed E-state index contributed by atoms with van der Waals surface area (Å²) in [5.41, 5.74) is 2.57. The lowest BCUT2D eigenvalue weighted by atomic mass is 10.2. The number of hydrogen-bond acceptors (Lipinski definition) is 2. The van der Waals surface area contributed by atoms with E-state index < -0.39 is 4.92 Å². The van der Waals surface area contributed by atoms with Crippen LogP contribution in [0.2, 0.25) is 0 Å². The van der Waals surface area contributed by atoms with Crippen LogP contribution in [-0.2, 0) is 0 Å². The van der Waals surface area contributed by atoms with E-state index in [2.05, 4.69) is 4.98 Å². The predicted molar refractivity (Wildman–Crippen MR) is 41.7 cm³/mol. The van der Waals surface area contributed by atoms with Crippen LogP contribution in [0, 0.1) is 30.9 Å². The van der Waals surface area contributed by atoms with E-state index in [1.165, 1.54) is 0 Å². The monoisotopic (exact) mass is 154 g/mol. The SMILES string of the molecule is Cc1[nH]c([N+](=O)[O-])c(C)c1C. The molecular weight excluding hydrogens is 144 g/mol. The van der Waals surface area contributed by atoms with Crippen molar-refractivity contribution in [3.05, 3.63) is 26.9 Å². The van der Waals surface area contributed by atoms with Gasteiger partial charge in [-0.1, -0.05) is 0 Å². The maximum atomic E-state index is 10.4. The molecule has 60 valence electrons. The zero-order chi connectivity index (χ0) is 8.59. The Labute approximate surface area is 64.4 Å². The molecule has 0 spiro atoms. The highest BCUT2D eigenvalue weighted by atomic mass is 16.6. The Morgan fingerprint density at radius 2 is 1.82 bits per heavy atom. The van der Waals surface area contributed by atoms with Gasteiger partial charge in [0.25, 0.3) is 0 Å². The molecule has 4 nitrogen and oxygen atoms in total. The number of aryl methyl sites for hydroxylation is 1. The molecule has 0 aliphatic carbocycles. The van der Waals surface area contributed by atoms with E-state index in [0.717, 1.165) is 16.8 Å². The van der Waals surface area contributed by atoms with Crippen molar-refractivity contribution in [1.82, 2.24) is 4.98 Å². The van der Waals surface area contributed by atoms with Crippen molar-refractivity contribution in [2.24, 2.45) is 0 Å². The number of rotatable bonds is 1. The van der Waals surface area contributed by atoms with Crippen LogP contribution in [0.3, 0.4) is 0 Å². The van der Waals surface area contributed by atoms with Gasteiger partial charge in [0.1, 0.15) is 5.69 Å². The summed E-state index contributed by atoms with van der Waals surface area (Å²) in [7, 11) is 0. The van der Waals surface area contributed by atoms with E-state index >= 15 is 0 Å². The van der Waals surface area contributed by atoms with E-state index in [0.29, 0.717) is 0 Å². The zero-order valence-corrected chi connectivity index (χ0v) is 6.76. The Morgan fingerprint density at radius 1 is 1.27 bits per heavy atom. The fraction of sp³-hybridized carbons (Fsp3) is 0.429. The molecule has 4 heteroatoms. The van der Waals surface area contributed by atoms with E-state index in [1.54, 1.807) is 6.92 Å². The van der Waals surface area contributed by atoms with Crippen molar-refractivity contribution < 1.29 is 4.92 Å². The average Bonchev–Trinajstić information content (AvgIpc) is 2.17. The van der Waals surface area contributed by atoms with Crippen molar-refractivity contribution in [3.8, 4) is 0 Å². The van der Waals surface area contributed by atoms with Crippen LogP contribution in [0.15, 0.2) is 0 Å². The topological polar surface area (TPSA) is 58.9 Å². The highest BCUT2D eigenvalue weighted by Crippen LogP contribution is 2.22. The minimum atomic E-state index is -0.394. The number of nitrogens with zero attached hydrogens (tertiary/aromatic N) is 1. The van der Waals surface area contributed by atoms with Gasteiger partial charge >= 0.3 is 5.82 Å². The van der Waals surface area contributed by atoms with Crippen molar-refractivity contribution in [2.75, 3.05) is 0 Å². The quantitative estimate of drug-likeness (QED) is 0.495. The molecule has 1 heterocycles. The lowest BCUT2D eigenvalue weighted by Gasteiger charge is -1.90. The van der Waals surface area contributed by atoms with Gasteiger partial charge in [-0.2, -0.15) is 0 Å². The molecule has 1 aromatic heterocycles. The summed E-state index contributed by atoms with van der Waals surface area (Å²) in [6, 6.07) is 0. The molecule has 0 saturated carbocycles. The molecule has 0 fully saturated rings. The zero-order valence-electron chi connectivity index (χ0n) is 6.76. The van der Waals surface area contributed by atoms with Crippen molar-refractivity contribution in [1.29, 1.82) is 0 Å². The summed E-state index contributed by atoms with van der Waals surface area (Å²) < 4.78 is 0. The summed E-state index contributed by atoms with van der Waals surface area (Å²) >= 11 is 0. The Bertz CT molecular complexity index is 302. The second-order valence-corrected chi connectivity index (χ2v) is 2.61. The van der Waals surface area contributed by atoms with Crippen LogP contribution in [0.25, 0.3) is 0 Å². The predicted octanol–water partition coefficient (Wildman–Crippen LogP) is 1.85. The highest BCUT2D eigenvalue weighted by Gasteiger charge is 2.15. The third-order valence-corrected chi connectivity index (χ3v) is 1.97. The molecule has 0 atom stereocenters. The summed E-state index contributed by atoms with van der Waals surface area (Å²) in [5, 5.41) is 10.4. The van der Waals surface area contributed by atoms with E-state index in [1.807, 2.05) is 13.8 Å². The molecule has 0 unspecified atom stereocenters. The van der Waals surface area contributed by atoms with Gasteiger partial charge in [-0.3, -0.25) is 0 Å². The third-order valence-electron chi connectivity index (χ3n) is 1.97. The molecule has 1 rings (SSSR count). The molecule has 1 aromatic rings. The Hall–Kier alpha value is -1.32. The van der Waals surface area contributed by atoms with E-state index in [4.69, 9.17) is 0 Å². The Kier molecular flexibility index (Phi) is 1.68. The first-order chi connectivity index (χ1) is 5.04. The number of H-pyrrole nitrogens is 1. The standard InChI is InChI=1S/C7H10N2O2/c1-4-5(2)7(9(10)11)8-6(4)3/h8H,1-3H3. The normalized spacial score (nSPS) is 10.1. The van der Waals surface area contributed by atoms with Gasteiger partial charge in [-0.15, -0.1) is 0 Å². The fourth-order valence-electron chi connectivity index (χ4n) is 1.01. The molecule has 0 amide bonds. The van der Waals surface area contributed by atoms with Crippen molar-refractivity contribution >= 4 is 5.82 Å². The summed E-state index contributed by atoms with van der Waals surface area (Å²) in [4.78, 5) is 12.7. The molecular formula is C7H10N2O2. The molecule has 0 bridgehead atoms. The van der Waals surface area contributed by atoms with Gasteiger partial charge in [-0.25, -0.2) is 4.98 Å². The first-order valence-corrected chi connectivity index (χ1v) is 3.34. The Morgan fingerprint density at radius 3 is 2.00 bits per heavy atom. The minimum absolute atomic E-state index is 0.111.